The van der Waals surface area contributed by atoms with Gasteiger partial charge in [0.15, 0.2) is 0 Å². The largest absolute Gasteiger partial charge is 0.338 e. The minimum absolute atomic E-state index is 0.186. The summed E-state index contributed by atoms with van der Waals surface area (Å²) >= 11 is 3.37. The van der Waals surface area contributed by atoms with Crippen molar-refractivity contribution in [3.63, 3.8) is 0 Å². The van der Waals surface area contributed by atoms with Crippen molar-refractivity contribution < 1.29 is 4.79 Å². The Bertz CT molecular complexity index is 887. The molecular formula is C20H21N3OS2. The van der Waals surface area contributed by atoms with E-state index in [9.17, 15) is 4.79 Å². The highest BCUT2D eigenvalue weighted by atomic mass is 32.2. The van der Waals surface area contributed by atoms with Gasteiger partial charge in [0.1, 0.15) is 0 Å². The van der Waals surface area contributed by atoms with Gasteiger partial charge >= 0.3 is 0 Å². The molecule has 0 saturated carbocycles. The summed E-state index contributed by atoms with van der Waals surface area (Å²) in [4.78, 5) is 16.3. The second-order valence-corrected chi connectivity index (χ2v) is 8.47. The molecule has 4 nitrogen and oxygen atoms in total. The van der Waals surface area contributed by atoms with E-state index >= 15 is 0 Å². The molecule has 26 heavy (non-hydrogen) atoms. The molecule has 3 aromatic rings. The molecule has 2 aromatic heterocycles. The van der Waals surface area contributed by atoms with Gasteiger partial charge in [0.2, 0.25) is 0 Å². The topological polar surface area (TPSA) is 49.0 Å². The summed E-state index contributed by atoms with van der Waals surface area (Å²) in [5.41, 5.74) is 4.45. The van der Waals surface area contributed by atoms with Crippen molar-refractivity contribution in [2.24, 2.45) is 0 Å². The highest BCUT2D eigenvalue weighted by Gasteiger charge is 2.31. The maximum Gasteiger partial charge on any atom is 0.256 e. The molecule has 0 bridgehead atoms. The monoisotopic (exact) mass is 383 g/mol. The Morgan fingerprint density at radius 1 is 1.27 bits per heavy atom. The van der Waals surface area contributed by atoms with Crippen LogP contribution in [0.5, 0.6) is 0 Å². The second-order valence-electron chi connectivity index (χ2n) is 6.38. The average Bonchev–Trinajstić information content (AvgIpc) is 3.32. The maximum absolute atomic E-state index is 13.1. The molecular weight excluding hydrogens is 362 g/mol. The molecule has 1 amide bonds. The van der Waals surface area contributed by atoms with Crippen molar-refractivity contribution in [3.05, 3.63) is 59.3 Å². The van der Waals surface area contributed by atoms with Gasteiger partial charge in [0.25, 0.3) is 5.91 Å². The predicted octanol–water partition coefficient (Wildman–Crippen LogP) is 4.49. The van der Waals surface area contributed by atoms with E-state index in [1.54, 1.807) is 29.3 Å². The lowest BCUT2D eigenvalue weighted by atomic mass is 10.00. The van der Waals surface area contributed by atoms with Crippen LogP contribution in [0.15, 0.2) is 46.8 Å². The highest BCUT2D eigenvalue weighted by molar-refractivity contribution is 8.00. The Hall–Kier alpha value is -2.05. The number of aryl methyl sites for hydroxylation is 1. The highest BCUT2D eigenvalue weighted by Crippen LogP contribution is 2.43. The Morgan fingerprint density at radius 2 is 2.12 bits per heavy atom. The molecule has 1 N–H and O–H groups in total. The SMILES string of the molecule is CSc1sc(-c2ccn[nH]2)c2c1C(=O)N(CCCc1ccccc1)CC2. The third-order valence-corrected chi connectivity index (χ3v) is 7.16. The van der Waals surface area contributed by atoms with Crippen LogP contribution in [-0.4, -0.2) is 40.3 Å². The van der Waals surface area contributed by atoms with Crippen LogP contribution >= 0.6 is 23.1 Å². The van der Waals surface area contributed by atoms with Crippen LogP contribution in [0.4, 0.5) is 0 Å². The van der Waals surface area contributed by atoms with Crippen LogP contribution in [0.1, 0.15) is 27.9 Å². The molecule has 0 aliphatic carbocycles. The van der Waals surface area contributed by atoms with Crippen molar-refractivity contribution >= 4 is 29.0 Å². The summed E-state index contributed by atoms with van der Waals surface area (Å²) in [5.74, 6) is 0.186. The van der Waals surface area contributed by atoms with Gasteiger partial charge < -0.3 is 4.90 Å². The Morgan fingerprint density at radius 3 is 2.85 bits per heavy atom. The summed E-state index contributed by atoms with van der Waals surface area (Å²) in [6.45, 7) is 1.61. The van der Waals surface area contributed by atoms with Crippen molar-refractivity contribution in [2.45, 2.75) is 23.5 Å². The number of hydrogen-bond acceptors (Lipinski definition) is 4. The van der Waals surface area contributed by atoms with Gasteiger partial charge in [0.05, 0.1) is 20.3 Å². The second kappa shape index (κ2) is 7.68. The number of aromatic nitrogens is 2. The van der Waals surface area contributed by atoms with Crippen LogP contribution in [0.25, 0.3) is 10.6 Å². The van der Waals surface area contributed by atoms with Crippen LogP contribution in [0.2, 0.25) is 0 Å². The minimum Gasteiger partial charge on any atom is -0.338 e. The third-order valence-electron chi connectivity index (χ3n) is 4.77. The summed E-state index contributed by atoms with van der Waals surface area (Å²) < 4.78 is 1.11. The molecule has 1 aliphatic heterocycles. The predicted molar refractivity (Wildman–Crippen MR) is 108 cm³/mol. The number of rotatable bonds is 6. The molecule has 1 aliphatic rings. The van der Waals surface area contributed by atoms with E-state index < -0.39 is 0 Å². The van der Waals surface area contributed by atoms with Crippen LogP contribution in [0.3, 0.4) is 0 Å². The first-order chi connectivity index (χ1) is 12.8. The fraction of sp³-hybridized carbons (Fsp3) is 0.300. The number of H-pyrrole nitrogens is 1. The van der Waals surface area contributed by atoms with Gasteiger partial charge in [-0.25, -0.2) is 0 Å². The molecule has 0 saturated heterocycles. The van der Waals surface area contributed by atoms with Gasteiger partial charge in [-0.15, -0.1) is 23.1 Å². The number of benzene rings is 1. The Labute approximate surface area is 161 Å². The molecule has 134 valence electrons. The van der Waals surface area contributed by atoms with Crippen LogP contribution in [0, 0.1) is 0 Å². The summed E-state index contributed by atoms with van der Waals surface area (Å²) in [7, 11) is 0. The summed E-state index contributed by atoms with van der Waals surface area (Å²) in [6.07, 6.45) is 6.73. The van der Waals surface area contributed by atoms with E-state index in [1.807, 2.05) is 23.3 Å². The Balaban J connectivity index is 1.51. The quantitative estimate of drug-likeness (QED) is 0.638. The number of thiophene rings is 1. The van der Waals surface area contributed by atoms with Crippen LogP contribution < -0.4 is 0 Å². The molecule has 0 radical (unpaired) electrons. The minimum atomic E-state index is 0.186. The zero-order valence-corrected chi connectivity index (χ0v) is 16.3. The molecule has 1 aromatic carbocycles. The lowest BCUT2D eigenvalue weighted by molar-refractivity contribution is 0.0735. The number of aromatic amines is 1. The standard InChI is InChI=1S/C20H21N3OS2/c1-25-20-17-15(18(26-20)16-9-11-21-22-16)10-13-23(19(17)24)12-5-8-14-6-3-2-4-7-14/h2-4,6-7,9,11H,5,8,10,12-13H2,1H3,(H,21,22). The first kappa shape index (κ1) is 17.4. The van der Waals surface area contributed by atoms with Gasteiger partial charge in [-0.3, -0.25) is 9.89 Å². The number of amides is 1. The first-order valence-corrected chi connectivity index (χ1v) is 10.8. The molecule has 0 spiro atoms. The maximum atomic E-state index is 13.1. The summed E-state index contributed by atoms with van der Waals surface area (Å²) in [6, 6.07) is 12.5. The number of nitrogens with one attached hydrogen (secondary N) is 1. The number of hydrogen-bond donors (Lipinski definition) is 1. The van der Waals surface area contributed by atoms with Gasteiger partial charge in [-0.2, -0.15) is 5.10 Å². The van der Waals surface area contributed by atoms with E-state index in [0.717, 1.165) is 47.8 Å². The Kier molecular flexibility index (Phi) is 5.13. The number of carbonyl (C=O) groups is 1. The number of nitrogens with zero attached hydrogens (tertiary/aromatic N) is 2. The molecule has 3 heterocycles. The lowest BCUT2D eigenvalue weighted by Crippen LogP contribution is -2.38. The zero-order valence-electron chi connectivity index (χ0n) is 14.7. The fourth-order valence-electron chi connectivity index (χ4n) is 3.48. The van der Waals surface area contributed by atoms with E-state index in [-0.39, 0.29) is 5.91 Å². The normalized spacial score (nSPS) is 13.9. The van der Waals surface area contributed by atoms with E-state index in [4.69, 9.17) is 0 Å². The third kappa shape index (κ3) is 3.31. The summed E-state index contributed by atoms with van der Waals surface area (Å²) in [5, 5.41) is 7.11. The molecule has 0 unspecified atom stereocenters. The smallest absolute Gasteiger partial charge is 0.256 e. The van der Waals surface area contributed by atoms with E-state index in [0.29, 0.717) is 0 Å². The van der Waals surface area contributed by atoms with E-state index in [1.165, 1.54) is 16.0 Å². The van der Waals surface area contributed by atoms with Crippen molar-refractivity contribution in [1.29, 1.82) is 0 Å². The van der Waals surface area contributed by atoms with Crippen LogP contribution in [-0.2, 0) is 12.8 Å². The molecule has 6 heteroatoms. The van der Waals surface area contributed by atoms with Crippen molar-refractivity contribution in [2.75, 3.05) is 19.3 Å². The molecule has 0 fully saturated rings. The van der Waals surface area contributed by atoms with Gasteiger partial charge in [-0.05, 0) is 42.7 Å². The van der Waals surface area contributed by atoms with Crippen molar-refractivity contribution in [3.8, 4) is 10.6 Å². The zero-order chi connectivity index (χ0) is 17.9. The average molecular weight is 384 g/mol. The van der Waals surface area contributed by atoms with E-state index in [2.05, 4.69) is 34.5 Å². The number of fused-ring (bicyclic) bond motifs is 1. The number of carbonyl (C=O) groups excluding carboxylic acids is 1. The van der Waals surface area contributed by atoms with Gasteiger partial charge in [-0.1, -0.05) is 30.3 Å². The first-order valence-electron chi connectivity index (χ1n) is 8.80. The van der Waals surface area contributed by atoms with Crippen molar-refractivity contribution in [1.82, 2.24) is 15.1 Å². The molecule has 4 rings (SSSR count). The fourth-order valence-corrected chi connectivity index (χ4v) is 5.53. The molecule has 0 atom stereocenters. The lowest BCUT2D eigenvalue weighted by Gasteiger charge is -2.28. The van der Waals surface area contributed by atoms with Gasteiger partial charge in [0, 0.05) is 19.3 Å². The number of thioether (sulfide) groups is 1.